The lowest BCUT2D eigenvalue weighted by molar-refractivity contribution is -0.133. The van der Waals surface area contributed by atoms with E-state index in [1.165, 1.54) is 0 Å². The van der Waals surface area contributed by atoms with Gasteiger partial charge in [-0.3, -0.25) is 0 Å². The van der Waals surface area contributed by atoms with E-state index >= 15 is 0 Å². The van der Waals surface area contributed by atoms with Crippen LogP contribution >= 0.6 is 0 Å². The molecule has 0 amide bonds. The third-order valence-corrected chi connectivity index (χ3v) is 1.64. The summed E-state index contributed by atoms with van der Waals surface area (Å²) in [7, 11) is 1.67. The van der Waals surface area contributed by atoms with E-state index < -0.39 is 5.79 Å². The van der Waals surface area contributed by atoms with Crippen LogP contribution in [-0.2, 0) is 14.2 Å². The van der Waals surface area contributed by atoms with Gasteiger partial charge in [0.1, 0.15) is 6.10 Å². The van der Waals surface area contributed by atoms with Gasteiger partial charge >= 0.3 is 0 Å². The van der Waals surface area contributed by atoms with E-state index in [-0.39, 0.29) is 6.10 Å². The van der Waals surface area contributed by atoms with Crippen LogP contribution in [0.15, 0.2) is 12.2 Å². The van der Waals surface area contributed by atoms with Crippen molar-refractivity contribution in [1.29, 1.82) is 0 Å². The zero-order chi connectivity index (χ0) is 9.03. The molecule has 0 bridgehead atoms. The second kappa shape index (κ2) is 4.03. The smallest absolute Gasteiger partial charge is 0.163 e. The van der Waals surface area contributed by atoms with E-state index in [1.54, 1.807) is 7.11 Å². The molecule has 1 saturated heterocycles. The van der Waals surface area contributed by atoms with E-state index in [4.69, 9.17) is 14.2 Å². The molecule has 12 heavy (non-hydrogen) atoms. The van der Waals surface area contributed by atoms with Crippen LogP contribution in [0.1, 0.15) is 13.8 Å². The Morgan fingerprint density at radius 2 is 2.33 bits per heavy atom. The van der Waals surface area contributed by atoms with Gasteiger partial charge < -0.3 is 14.2 Å². The van der Waals surface area contributed by atoms with Gasteiger partial charge in [0.25, 0.3) is 0 Å². The summed E-state index contributed by atoms with van der Waals surface area (Å²) in [6.45, 7) is 5.09. The normalized spacial score (nSPS) is 28.4. The Morgan fingerprint density at radius 1 is 1.58 bits per heavy atom. The first-order valence-electron chi connectivity index (χ1n) is 4.11. The van der Waals surface area contributed by atoms with E-state index in [9.17, 15) is 0 Å². The molecule has 0 N–H and O–H groups in total. The lowest BCUT2D eigenvalue weighted by Crippen LogP contribution is -2.20. The second-order valence-electron chi connectivity index (χ2n) is 3.25. The molecule has 1 aliphatic rings. The molecule has 70 valence electrons. The Morgan fingerprint density at radius 3 is 2.83 bits per heavy atom. The fraction of sp³-hybridized carbons (Fsp3) is 0.778. The first kappa shape index (κ1) is 9.71. The number of rotatable bonds is 3. The number of ether oxygens (including phenoxy) is 3. The number of methoxy groups -OCH3 is 1. The van der Waals surface area contributed by atoms with E-state index in [0.717, 1.165) is 0 Å². The van der Waals surface area contributed by atoms with Crippen LogP contribution in [0.25, 0.3) is 0 Å². The van der Waals surface area contributed by atoms with Crippen LogP contribution in [0.4, 0.5) is 0 Å². The topological polar surface area (TPSA) is 27.7 Å². The largest absolute Gasteiger partial charge is 0.381 e. The molecule has 0 spiro atoms. The highest BCUT2D eigenvalue weighted by Crippen LogP contribution is 2.22. The summed E-state index contributed by atoms with van der Waals surface area (Å²) in [4.78, 5) is 0. The molecule has 3 nitrogen and oxygen atoms in total. The van der Waals surface area contributed by atoms with Gasteiger partial charge in [-0.25, -0.2) is 0 Å². The van der Waals surface area contributed by atoms with Gasteiger partial charge in [0.2, 0.25) is 0 Å². The van der Waals surface area contributed by atoms with Gasteiger partial charge in [0.05, 0.1) is 13.2 Å². The molecule has 1 aliphatic heterocycles. The van der Waals surface area contributed by atoms with Crippen molar-refractivity contribution < 1.29 is 14.2 Å². The van der Waals surface area contributed by atoms with Crippen molar-refractivity contribution >= 4 is 0 Å². The molecule has 1 rings (SSSR count). The van der Waals surface area contributed by atoms with Crippen LogP contribution in [0, 0.1) is 0 Å². The van der Waals surface area contributed by atoms with Gasteiger partial charge in [-0.15, -0.1) is 0 Å². The third-order valence-electron chi connectivity index (χ3n) is 1.64. The second-order valence-corrected chi connectivity index (χ2v) is 3.25. The fourth-order valence-corrected chi connectivity index (χ4v) is 1.11. The van der Waals surface area contributed by atoms with Crippen LogP contribution < -0.4 is 0 Å². The molecule has 3 heteroatoms. The van der Waals surface area contributed by atoms with Crippen molar-refractivity contribution in [3.63, 3.8) is 0 Å². The van der Waals surface area contributed by atoms with Crippen molar-refractivity contribution in [1.82, 2.24) is 0 Å². The number of hydrogen-bond donors (Lipinski definition) is 0. The minimum Gasteiger partial charge on any atom is -0.381 e. The molecule has 1 fully saturated rings. The van der Waals surface area contributed by atoms with Crippen molar-refractivity contribution in [2.24, 2.45) is 0 Å². The summed E-state index contributed by atoms with van der Waals surface area (Å²) in [5.41, 5.74) is 0. The minimum atomic E-state index is -0.428. The summed E-state index contributed by atoms with van der Waals surface area (Å²) in [6.07, 6.45) is 3.99. The molecular formula is C9H16O3. The van der Waals surface area contributed by atoms with E-state index in [2.05, 4.69) is 0 Å². The molecule has 0 aromatic heterocycles. The minimum absolute atomic E-state index is 0.0788. The molecule has 0 radical (unpaired) electrons. The molecule has 0 aromatic carbocycles. The molecular weight excluding hydrogens is 156 g/mol. The van der Waals surface area contributed by atoms with Gasteiger partial charge in [-0.05, 0) is 13.8 Å². The van der Waals surface area contributed by atoms with Crippen LogP contribution in [0.3, 0.4) is 0 Å². The maximum atomic E-state index is 5.53. The molecule has 0 unspecified atom stereocenters. The highest BCUT2D eigenvalue weighted by molar-refractivity contribution is 4.92. The lowest BCUT2D eigenvalue weighted by atomic mass is 10.3. The summed E-state index contributed by atoms with van der Waals surface area (Å²) in [5, 5.41) is 0. The van der Waals surface area contributed by atoms with Crippen LogP contribution in [0.5, 0.6) is 0 Å². The predicted molar refractivity (Wildman–Crippen MR) is 45.9 cm³/mol. The van der Waals surface area contributed by atoms with Gasteiger partial charge in [-0.2, -0.15) is 0 Å². The quantitative estimate of drug-likeness (QED) is 0.601. The average molecular weight is 172 g/mol. The fourth-order valence-electron chi connectivity index (χ4n) is 1.11. The number of hydrogen-bond acceptors (Lipinski definition) is 3. The van der Waals surface area contributed by atoms with Gasteiger partial charge in [0.15, 0.2) is 5.79 Å². The molecule has 0 aromatic rings. The Labute approximate surface area is 73.3 Å². The Hall–Kier alpha value is -0.380. The highest BCUT2D eigenvalue weighted by atomic mass is 16.7. The maximum absolute atomic E-state index is 5.53. The van der Waals surface area contributed by atoms with E-state index in [1.807, 2.05) is 26.0 Å². The lowest BCUT2D eigenvalue weighted by Gasteiger charge is -2.15. The van der Waals surface area contributed by atoms with Crippen LogP contribution in [0.2, 0.25) is 0 Å². The van der Waals surface area contributed by atoms with Crippen LogP contribution in [-0.4, -0.2) is 32.2 Å². The van der Waals surface area contributed by atoms with Gasteiger partial charge in [0, 0.05) is 7.11 Å². The predicted octanol–water partition coefficient (Wildman–Crippen LogP) is 1.34. The monoisotopic (exact) mass is 172 g/mol. The zero-order valence-electron chi connectivity index (χ0n) is 7.87. The SMILES string of the molecule is COC/C=C/[C@H]1COC(C)(C)O1. The highest BCUT2D eigenvalue weighted by Gasteiger charge is 2.30. The molecule has 1 atom stereocenters. The van der Waals surface area contributed by atoms with Crippen molar-refractivity contribution in [3.8, 4) is 0 Å². The standard InChI is InChI=1S/C9H16O3/c1-9(2)11-7-8(12-9)5-4-6-10-3/h4-5,8H,6-7H2,1-3H3/b5-4+/t8-/m0/s1. The molecule has 1 heterocycles. The average Bonchev–Trinajstić information content (AvgIpc) is 2.31. The van der Waals surface area contributed by atoms with Crippen molar-refractivity contribution in [2.45, 2.75) is 25.7 Å². The van der Waals surface area contributed by atoms with Crippen molar-refractivity contribution in [3.05, 3.63) is 12.2 Å². The Balaban J connectivity index is 2.28. The Bertz CT molecular complexity index is 163. The van der Waals surface area contributed by atoms with Gasteiger partial charge in [-0.1, -0.05) is 12.2 Å². The molecule has 0 saturated carbocycles. The summed E-state index contributed by atoms with van der Waals surface area (Å²) >= 11 is 0. The van der Waals surface area contributed by atoms with Crippen molar-refractivity contribution in [2.75, 3.05) is 20.3 Å². The first-order valence-corrected chi connectivity index (χ1v) is 4.11. The van der Waals surface area contributed by atoms with E-state index in [0.29, 0.717) is 13.2 Å². The summed E-state index contributed by atoms with van der Waals surface area (Å²) < 4.78 is 15.8. The molecule has 0 aliphatic carbocycles. The summed E-state index contributed by atoms with van der Waals surface area (Å²) in [5.74, 6) is -0.428. The Kier molecular flexibility index (Phi) is 3.26. The third kappa shape index (κ3) is 2.93. The maximum Gasteiger partial charge on any atom is 0.163 e. The summed E-state index contributed by atoms with van der Waals surface area (Å²) in [6, 6.07) is 0. The first-order chi connectivity index (χ1) is 5.64. The zero-order valence-corrected chi connectivity index (χ0v) is 7.87.